The fourth-order valence-corrected chi connectivity index (χ4v) is 2.85. The molecule has 0 aromatic heterocycles. The van der Waals surface area contributed by atoms with Gasteiger partial charge in [-0.2, -0.15) is 0 Å². The van der Waals surface area contributed by atoms with Crippen LogP contribution in [-0.4, -0.2) is 28.9 Å². The second kappa shape index (κ2) is 4.09. The molecular formula is C13H11F2NO3. The van der Waals surface area contributed by atoms with Crippen LogP contribution in [0.2, 0.25) is 0 Å². The van der Waals surface area contributed by atoms with Crippen molar-refractivity contribution >= 4 is 17.4 Å². The summed E-state index contributed by atoms with van der Waals surface area (Å²) in [6.07, 6.45) is 0.957. The van der Waals surface area contributed by atoms with Crippen molar-refractivity contribution in [3.05, 3.63) is 29.3 Å². The molecule has 2 aliphatic rings. The zero-order valence-corrected chi connectivity index (χ0v) is 9.90. The number of hydrogen-bond donors (Lipinski definition) is 1. The second-order valence-electron chi connectivity index (χ2n) is 4.85. The molecule has 0 saturated heterocycles. The first-order chi connectivity index (χ1) is 9.00. The third kappa shape index (κ3) is 1.67. The summed E-state index contributed by atoms with van der Waals surface area (Å²) in [6, 6.07) is 0.962. The lowest BCUT2D eigenvalue weighted by molar-refractivity contribution is -0.115. The molecule has 1 aromatic carbocycles. The zero-order valence-electron chi connectivity index (χ0n) is 9.90. The summed E-state index contributed by atoms with van der Waals surface area (Å²) in [7, 11) is 0. The lowest BCUT2D eigenvalue weighted by Gasteiger charge is -2.26. The summed E-state index contributed by atoms with van der Waals surface area (Å²) in [4.78, 5) is 24.7. The summed E-state index contributed by atoms with van der Waals surface area (Å²) in [5.74, 6) is -3.77. The average molecular weight is 267 g/mol. The monoisotopic (exact) mass is 267 g/mol. The van der Waals surface area contributed by atoms with Crippen LogP contribution in [0, 0.1) is 11.6 Å². The van der Waals surface area contributed by atoms with E-state index in [-0.39, 0.29) is 5.69 Å². The molecule has 1 aliphatic heterocycles. The highest BCUT2D eigenvalue weighted by Crippen LogP contribution is 2.37. The molecule has 1 fully saturated rings. The Morgan fingerprint density at radius 1 is 1.21 bits per heavy atom. The van der Waals surface area contributed by atoms with E-state index < -0.39 is 41.0 Å². The average Bonchev–Trinajstić information content (AvgIpc) is 2.83. The first-order valence-electron chi connectivity index (χ1n) is 6.05. The van der Waals surface area contributed by atoms with Crippen molar-refractivity contribution in [3.8, 4) is 0 Å². The Hall–Kier alpha value is -1.82. The largest absolute Gasteiger partial charge is 0.391 e. The summed E-state index contributed by atoms with van der Waals surface area (Å²) in [6.45, 7) is 0. The lowest BCUT2D eigenvalue weighted by Crippen LogP contribution is -2.43. The van der Waals surface area contributed by atoms with Crippen molar-refractivity contribution in [2.75, 3.05) is 4.90 Å². The van der Waals surface area contributed by atoms with E-state index in [1.165, 1.54) is 0 Å². The third-order valence-corrected chi connectivity index (χ3v) is 3.71. The molecule has 0 spiro atoms. The Kier molecular flexibility index (Phi) is 2.63. The number of Topliss-reactive ketones (excluding diaryl/α,β-unsaturated/α-hetero) is 1. The van der Waals surface area contributed by atoms with Gasteiger partial charge in [0.25, 0.3) is 11.7 Å². The van der Waals surface area contributed by atoms with Crippen LogP contribution in [0.4, 0.5) is 14.5 Å². The minimum Gasteiger partial charge on any atom is -0.391 e. The van der Waals surface area contributed by atoms with Gasteiger partial charge in [0.2, 0.25) is 0 Å². The standard InChI is InChI=1S/C13H11F2NO3/c14-6-4-7(15)11-9(5-6)16(13(19)12(11)18)8-2-1-3-10(8)17/h4-5,8,10,17H,1-3H2/t8-,10-/m0/s1. The first kappa shape index (κ1) is 12.2. The van der Waals surface area contributed by atoms with Crippen molar-refractivity contribution in [2.24, 2.45) is 0 Å². The number of fused-ring (bicyclic) bond motifs is 1. The Morgan fingerprint density at radius 2 is 1.95 bits per heavy atom. The van der Waals surface area contributed by atoms with Gasteiger partial charge in [-0.3, -0.25) is 14.5 Å². The summed E-state index contributed by atoms with van der Waals surface area (Å²) in [5, 5.41) is 9.82. The normalized spacial score (nSPS) is 26.2. The molecule has 4 nitrogen and oxygen atoms in total. The maximum absolute atomic E-state index is 13.6. The minimum atomic E-state index is -1.04. The van der Waals surface area contributed by atoms with Crippen molar-refractivity contribution in [1.29, 1.82) is 0 Å². The number of aliphatic hydroxyl groups excluding tert-OH is 1. The van der Waals surface area contributed by atoms with Crippen LogP contribution >= 0.6 is 0 Å². The Labute approximate surface area is 107 Å². The highest BCUT2D eigenvalue weighted by atomic mass is 19.1. The Balaban J connectivity index is 2.14. The number of rotatable bonds is 1. The van der Waals surface area contributed by atoms with Crippen LogP contribution in [0.15, 0.2) is 12.1 Å². The number of ketones is 1. The molecule has 0 unspecified atom stereocenters. The number of halogens is 2. The maximum atomic E-state index is 13.6. The predicted molar refractivity (Wildman–Crippen MR) is 61.8 cm³/mol. The van der Waals surface area contributed by atoms with Gasteiger partial charge in [-0.25, -0.2) is 8.78 Å². The van der Waals surface area contributed by atoms with Crippen LogP contribution in [0.25, 0.3) is 0 Å². The molecule has 1 saturated carbocycles. The van der Waals surface area contributed by atoms with Crippen molar-refractivity contribution in [3.63, 3.8) is 0 Å². The first-order valence-corrected chi connectivity index (χ1v) is 6.05. The molecule has 2 atom stereocenters. The minimum absolute atomic E-state index is 0.0709. The number of carbonyl (C=O) groups excluding carboxylic acids is 2. The van der Waals surface area contributed by atoms with Gasteiger partial charge < -0.3 is 5.11 Å². The molecule has 1 aliphatic carbocycles. The van der Waals surface area contributed by atoms with Crippen LogP contribution < -0.4 is 4.90 Å². The van der Waals surface area contributed by atoms with Gasteiger partial charge in [-0.15, -0.1) is 0 Å². The molecule has 100 valence electrons. The molecule has 3 rings (SSSR count). The third-order valence-electron chi connectivity index (χ3n) is 3.71. The number of hydrogen-bond acceptors (Lipinski definition) is 3. The number of benzene rings is 1. The van der Waals surface area contributed by atoms with Gasteiger partial charge in [0.05, 0.1) is 23.4 Å². The van der Waals surface area contributed by atoms with E-state index >= 15 is 0 Å². The zero-order chi connectivity index (χ0) is 13.7. The number of nitrogens with zero attached hydrogens (tertiary/aromatic N) is 1. The summed E-state index contributed by atoms with van der Waals surface area (Å²) < 4.78 is 26.9. The van der Waals surface area contributed by atoms with E-state index in [2.05, 4.69) is 0 Å². The molecule has 1 heterocycles. The predicted octanol–water partition coefficient (Wildman–Crippen LogP) is 1.41. The number of aliphatic hydroxyl groups is 1. The fraction of sp³-hybridized carbons (Fsp3) is 0.385. The van der Waals surface area contributed by atoms with Gasteiger partial charge in [0.15, 0.2) is 0 Å². The smallest absolute Gasteiger partial charge is 0.299 e. The van der Waals surface area contributed by atoms with E-state index in [0.29, 0.717) is 25.3 Å². The van der Waals surface area contributed by atoms with E-state index in [1.807, 2.05) is 0 Å². The van der Waals surface area contributed by atoms with Gasteiger partial charge in [0.1, 0.15) is 11.6 Å². The number of anilines is 1. The van der Waals surface area contributed by atoms with E-state index in [0.717, 1.165) is 11.0 Å². The van der Waals surface area contributed by atoms with Gasteiger partial charge in [-0.1, -0.05) is 0 Å². The summed E-state index contributed by atoms with van der Waals surface area (Å²) >= 11 is 0. The lowest BCUT2D eigenvalue weighted by atomic mass is 10.1. The molecule has 1 N–H and O–H groups in total. The highest BCUT2D eigenvalue weighted by Gasteiger charge is 2.45. The van der Waals surface area contributed by atoms with E-state index in [9.17, 15) is 23.5 Å². The van der Waals surface area contributed by atoms with Crippen LogP contribution in [0.3, 0.4) is 0 Å². The SMILES string of the molecule is O=C1C(=O)N([C@H]2CCC[C@@H]2O)c2cc(F)cc(F)c21. The molecular weight excluding hydrogens is 256 g/mol. The Morgan fingerprint density at radius 3 is 2.58 bits per heavy atom. The number of amides is 1. The van der Waals surface area contributed by atoms with E-state index in [4.69, 9.17) is 0 Å². The molecule has 0 bridgehead atoms. The molecule has 0 radical (unpaired) electrons. The van der Waals surface area contributed by atoms with Crippen molar-refractivity contribution < 1.29 is 23.5 Å². The summed E-state index contributed by atoms with van der Waals surface area (Å²) in [5.41, 5.74) is -0.469. The highest BCUT2D eigenvalue weighted by molar-refractivity contribution is 6.52. The van der Waals surface area contributed by atoms with Gasteiger partial charge in [-0.05, 0) is 25.3 Å². The van der Waals surface area contributed by atoms with Crippen LogP contribution in [-0.2, 0) is 4.79 Å². The fourth-order valence-electron chi connectivity index (χ4n) is 2.85. The number of carbonyl (C=O) groups is 2. The van der Waals surface area contributed by atoms with Crippen LogP contribution in [0.5, 0.6) is 0 Å². The Bertz CT molecular complexity index is 587. The van der Waals surface area contributed by atoms with Crippen molar-refractivity contribution in [1.82, 2.24) is 0 Å². The van der Waals surface area contributed by atoms with E-state index in [1.54, 1.807) is 0 Å². The second-order valence-corrected chi connectivity index (χ2v) is 4.85. The molecule has 1 aromatic rings. The van der Waals surface area contributed by atoms with Crippen molar-refractivity contribution in [2.45, 2.75) is 31.4 Å². The maximum Gasteiger partial charge on any atom is 0.299 e. The molecule has 19 heavy (non-hydrogen) atoms. The van der Waals surface area contributed by atoms with Gasteiger partial charge in [0, 0.05) is 6.07 Å². The quantitative estimate of drug-likeness (QED) is 0.783. The van der Waals surface area contributed by atoms with Gasteiger partial charge >= 0.3 is 0 Å². The van der Waals surface area contributed by atoms with Crippen LogP contribution in [0.1, 0.15) is 29.6 Å². The topological polar surface area (TPSA) is 57.6 Å². The molecule has 6 heteroatoms. The molecule has 1 amide bonds.